The van der Waals surface area contributed by atoms with Crippen molar-refractivity contribution >= 4 is 11.8 Å². The van der Waals surface area contributed by atoms with Crippen LogP contribution >= 0.6 is 11.8 Å². The maximum absolute atomic E-state index is 5.09. The van der Waals surface area contributed by atoms with Crippen LogP contribution in [0.15, 0.2) is 29.2 Å². The van der Waals surface area contributed by atoms with E-state index in [1.165, 1.54) is 23.3 Å². The van der Waals surface area contributed by atoms with Gasteiger partial charge in [-0.25, -0.2) is 0 Å². The zero-order chi connectivity index (χ0) is 14.4. The van der Waals surface area contributed by atoms with E-state index in [9.17, 15) is 0 Å². The maximum atomic E-state index is 5.09. The second-order valence-electron chi connectivity index (χ2n) is 5.99. The second kappa shape index (κ2) is 8.06. The van der Waals surface area contributed by atoms with Crippen LogP contribution in [0.25, 0.3) is 0 Å². The minimum Gasteiger partial charge on any atom is -0.383 e. The lowest BCUT2D eigenvalue weighted by molar-refractivity contribution is 0.195. The molecule has 0 spiro atoms. The van der Waals surface area contributed by atoms with Crippen LogP contribution in [0.2, 0.25) is 0 Å². The molecule has 1 aliphatic rings. The zero-order valence-electron chi connectivity index (χ0n) is 12.9. The van der Waals surface area contributed by atoms with E-state index in [2.05, 4.69) is 55.2 Å². The lowest BCUT2D eigenvalue weighted by Gasteiger charge is -2.24. The van der Waals surface area contributed by atoms with Gasteiger partial charge >= 0.3 is 0 Å². The molecule has 1 heterocycles. The molecule has 0 fully saturated rings. The van der Waals surface area contributed by atoms with Crippen molar-refractivity contribution in [1.82, 2.24) is 5.32 Å². The van der Waals surface area contributed by atoms with Crippen molar-refractivity contribution < 1.29 is 4.74 Å². The lowest BCUT2D eigenvalue weighted by atomic mass is 9.89. The standard InChI is InChI=1S/C17H27NOS/c1-13(2)15(12-18-8-9-19-3)11-16-10-14-6-4-5-7-17(14)20-16/h4-7,13,15-16,18H,8-12H2,1-3H3. The SMILES string of the molecule is COCCNCC(CC1Cc2ccccc2S1)C(C)C. The fraction of sp³-hybridized carbons (Fsp3) is 0.647. The van der Waals surface area contributed by atoms with Gasteiger partial charge in [-0.05, 0) is 42.9 Å². The van der Waals surface area contributed by atoms with Crippen molar-refractivity contribution in [1.29, 1.82) is 0 Å². The number of fused-ring (bicyclic) bond motifs is 1. The van der Waals surface area contributed by atoms with E-state index in [4.69, 9.17) is 4.74 Å². The highest BCUT2D eigenvalue weighted by atomic mass is 32.2. The van der Waals surface area contributed by atoms with Gasteiger partial charge in [0.05, 0.1) is 6.61 Å². The van der Waals surface area contributed by atoms with Gasteiger partial charge in [0.15, 0.2) is 0 Å². The summed E-state index contributed by atoms with van der Waals surface area (Å²) in [6.45, 7) is 7.55. The Morgan fingerprint density at radius 3 is 2.85 bits per heavy atom. The first-order chi connectivity index (χ1) is 9.70. The van der Waals surface area contributed by atoms with Crippen molar-refractivity contribution in [3.05, 3.63) is 29.8 Å². The number of thioether (sulfide) groups is 1. The summed E-state index contributed by atoms with van der Waals surface area (Å²) < 4.78 is 5.09. The molecule has 20 heavy (non-hydrogen) atoms. The minimum atomic E-state index is 0.731. The molecule has 2 rings (SSSR count). The molecule has 1 N–H and O–H groups in total. The van der Waals surface area contributed by atoms with E-state index >= 15 is 0 Å². The molecule has 0 radical (unpaired) electrons. The molecule has 0 saturated carbocycles. The Bertz CT molecular complexity index is 383. The quantitative estimate of drug-likeness (QED) is 0.740. The summed E-state index contributed by atoms with van der Waals surface area (Å²) in [6.07, 6.45) is 2.54. The van der Waals surface area contributed by atoms with E-state index in [-0.39, 0.29) is 0 Å². The second-order valence-corrected chi connectivity index (χ2v) is 7.33. The summed E-state index contributed by atoms with van der Waals surface area (Å²) in [6, 6.07) is 8.86. The summed E-state index contributed by atoms with van der Waals surface area (Å²) in [5, 5.41) is 4.28. The Hall–Kier alpha value is -0.510. The van der Waals surface area contributed by atoms with Gasteiger partial charge in [0.2, 0.25) is 0 Å². The van der Waals surface area contributed by atoms with E-state index in [0.29, 0.717) is 0 Å². The first-order valence-corrected chi connectivity index (χ1v) is 8.53. The molecular formula is C17H27NOS. The molecule has 2 atom stereocenters. The Kier molecular flexibility index (Phi) is 6.40. The third kappa shape index (κ3) is 4.51. The maximum Gasteiger partial charge on any atom is 0.0587 e. The van der Waals surface area contributed by atoms with Crippen molar-refractivity contribution in [2.75, 3.05) is 26.8 Å². The van der Waals surface area contributed by atoms with Gasteiger partial charge in [-0.15, -0.1) is 11.8 Å². The van der Waals surface area contributed by atoms with Crippen LogP contribution < -0.4 is 5.32 Å². The van der Waals surface area contributed by atoms with E-state index in [1.807, 2.05) is 0 Å². The number of nitrogens with one attached hydrogen (secondary N) is 1. The van der Waals surface area contributed by atoms with Crippen molar-refractivity contribution in [3.63, 3.8) is 0 Å². The number of ether oxygens (including phenoxy) is 1. The predicted octanol–water partition coefficient (Wildman–Crippen LogP) is 3.60. The lowest BCUT2D eigenvalue weighted by Crippen LogP contribution is -2.30. The fourth-order valence-corrected chi connectivity index (χ4v) is 4.20. The van der Waals surface area contributed by atoms with Crippen molar-refractivity contribution in [3.8, 4) is 0 Å². The van der Waals surface area contributed by atoms with Crippen LogP contribution in [0.5, 0.6) is 0 Å². The number of rotatable bonds is 8. The summed E-state index contributed by atoms with van der Waals surface area (Å²) in [7, 11) is 1.76. The van der Waals surface area contributed by atoms with Gasteiger partial charge in [0.1, 0.15) is 0 Å². The number of hydrogen-bond acceptors (Lipinski definition) is 3. The molecule has 0 aliphatic carbocycles. The normalized spacial score (nSPS) is 19.3. The average molecular weight is 293 g/mol. The summed E-state index contributed by atoms with van der Waals surface area (Å²) in [4.78, 5) is 1.49. The Labute approximate surface area is 127 Å². The number of benzene rings is 1. The average Bonchev–Trinajstić information content (AvgIpc) is 2.84. The van der Waals surface area contributed by atoms with E-state index < -0.39 is 0 Å². The summed E-state index contributed by atoms with van der Waals surface area (Å²) >= 11 is 2.07. The van der Waals surface area contributed by atoms with Crippen molar-refractivity contribution in [2.24, 2.45) is 11.8 Å². The van der Waals surface area contributed by atoms with Gasteiger partial charge < -0.3 is 10.1 Å². The predicted molar refractivity (Wildman–Crippen MR) is 87.5 cm³/mol. The monoisotopic (exact) mass is 293 g/mol. The van der Waals surface area contributed by atoms with Crippen LogP contribution in [0.1, 0.15) is 25.8 Å². The zero-order valence-corrected chi connectivity index (χ0v) is 13.7. The van der Waals surface area contributed by atoms with Gasteiger partial charge in [0, 0.05) is 23.8 Å². The van der Waals surface area contributed by atoms with Gasteiger partial charge in [0.25, 0.3) is 0 Å². The smallest absolute Gasteiger partial charge is 0.0587 e. The van der Waals surface area contributed by atoms with E-state index in [1.54, 1.807) is 7.11 Å². The molecule has 0 aromatic heterocycles. The molecule has 2 nitrogen and oxygen atoms in total. The fourth-order valence-electron chi connectivity index (χ4n) is 2.78. The molecule has 3 heteroatoms. The molecule has 0 saturated heterocycles. The van der Waals surface area contributed by atoms with Gasteiger partial charge in [-0.2, -0.15) is 0 Å². The first-order valence-electron chi connectivity index (χ1n) is 7.65. The molecule has 0 bridgehead atoms. The van der Waals surface area contributed by atoms with Gasteiger partial charge in [-0.3, -0.25) is 0 Å². The van der Waals surface area contributed by atoms with Crippen LogP contribution in [0.4, 0.5) is 0 Å². The number of methoxy groups -OCH3 is 1. The third-order valence-corrected chi connectivity index (χ3v) is 5.46. The summed E-state index contributed by atoms with van der Waals surface area (Å²) in [5.41, 5.74) is 1.54. The topological polar surface area (TPSA) is 21.3 Å². The van der Waals surface area contributed by atoms with Crippen LogP contribution in [-0.4, -0.2) is 32.1 Å². The molecule has 1 aromatic rings. The Morgan fingerprint density at radius 1 is 1.35 bits per heavy atom. The molecule has 2 unspecified atom stereocenters. The summed E-state index contributed by atoms with van der Waals surface area (Å²) in [5.74, 6) is 1.48. The number of hydrogen-bond donors (Lipinski definition) is 1. The van der Waals surface area contributed by atoms with Crippen LogP contribution in [-0.2, 0) is 11.2 Å². The molecule has 1 aliphatic heterocycles. The highest BCUT2D eigenvalue weighted by Crippen LogP contribution is 2.40. The van der Waals surface area contributed by atoms with Crippen LogP contribution in [0, 0.1) is 11.8 Å². The Balaban J connectivity index is 1.81. The third-order valence-electron chi connectivity index (χ3n) is 4.11. The first kappa shape index (κ1) is 15.9. The van der Waals surface area contributed by atoms with Gasteiger partial charge in [-0.1, -0.05) is 32.0 Å². The van der Waals surface area contributed by atoms with Crippen LogP contribution in [0.3, 0.4) is 0 Å². The highest BCUT2D eigenvalue weighted by molar-refractivity contribution is 8.00. The molecule has 0 amide bonds. The molecule has 112 valence electrons. The molecule has 1 aromatic carbocycles. The molecular weight excluding hydrogens is 266 g/mol. The Morgan fingerprint density at radius 2 is 2.15 bits per heavy atom. The van der Waals surface area contributed by atoms with Crippen molar-refractivity contribution in [2.45, 2.75) is 36.8 Å². The largest absolute Gasteiger partial charge is 0.383 e. The van der Waals surface area contributed by atoms with E-state index in [0.717, 1.165) is 36.8 Å². The minimum absolute atomic E-state index is 0.731. The highest BCUT2D eigenvalue weighted by Gasteiger charge is 2.25.